The number of nitrogens with zero attached hydrogens (tertiary/aromatic N) is 3. The monoisotopic (exact) mass is 352 g/mol. The summed E-state index contributed by atoms with van der Waals surface area (Å²) in [6.07, 6.45) is 4.75. The number of halogens is 1. The molecule has 0 aliphatic rings. The first-order valence-corrected chi connectivity index (χ1v) is 8.12. The molecule has 0 bridgehead atoms. The molecule has 1 N–H and O–H groups in total. The number of aromatic nitrogens is 2. The van der Waals surface area contributed by atoms with E-state index in [2.05, 4.69) is 20.1 Å². The molecule has 0 radical (unpaired) electrons. The maximum absolute atomic E-state index is 12.0. The molecule has 5 nitrogen and oxygen atoms in total. The summed E-state index contributed by atoms with van der Waals surface area (Å²) in [5.41, 5.74) is 6.95. The summed E-state index contributed by atoms with van der Waals surface area (Å²) in [4.78, 5) is 15.9. The molecule has 3 rings (SSSR count). The predicted molar refractivity (Wildman–Crippen MR) is 99.6 cm³/mol. The van der Waals surface area contributed by atoms with Gasteiger partial charge in [-0.1, -0.05) is 17.7 Å². The molecular weight excluding hydrogens is 336 g/mol. The zero-order valence-corrected chi connectivity index (χ0v) is 14.7. The highest BCUT2D eigenvalue weighted by atomic mass is 35.5. The molecule has 2 heterocycles. The average Bonchev–Trinajstić information content (AvgIpc) is 2.89. The van der Waals surface area contributed by atoms with Crippen molar-refractivity contribution in [2.75, 3.05) is 0 Å². The van der Waals surface area contributed by atoms with E-state index in [-0.39, 0.29) is 5.91 Å². The van der Waals surface area contributed by atoms with Gasteiger partial charge >= 0.3 is 0 Å². The van der Waals surface area contributed by atoms with Crippen LogP contribution in [0.15, 0.2) is 60.0 Å². The molecule has 0 aliphatic carbocycles. The Hall–Kier alpha value is -2.92. The van der Waals surface area contributed by atoms with Crippen molar-refractivity contribution in [2.45, 2.75) is 13.8 Å². The maximum Gasteiger partial charge on any atom is 0.272 e. The van der Waals surface area contributed by atoms with Gasteiger partial charge in [-0.2, -0.15) is 5.10 Å². The zero-order chi connectivity index (χ0) is 17.8. The van der Waals surface area contributed by atoms with E-state index in [9.17, 15) is 4.79 Å². The second kappa shape index (κ2) is 7.32. The number of carbonyl (C=O) groups is 1. The van der Waals surface area contributed by atoms with E-state index < -0.39 is 0 Å². The van der Waals surface area contributed by atoms with E-state index in [0.29, 0.717) is 10.6 Å². The van der Waals surface area contributed by atoms with Crippen molar-refractivity contribution in [3.05, 3.63) is 82.4 Å². The summed E-state index contributed by atoms with van der Waals surface area (Å²) >= 11 is 6.09. The number of hydrogen-bond donors (Lipinski definition) is 1. The van der Waals surface area contributed by atoms with Crippen LogP contribution in [0.25, 0.3) is 5.69 Å². The number of hydrogen-bond acceptors (Lipinski definition) is 3. The molecular formula is C19H17ClN4O. The van der Waals surface area contributed by atoms with Crippen molar-refractivity contribution in [1.82, 2.24) is 15.0 Å². The molecule has 2 aromatic heterocycles. The minimum atomic E-state index is -0.298. The van der Waals surface area contributed by atoms with Crippen LogP contribution in [0.1, 0.15) is 27.3 Å². The smallest absolute Gasteiger partial charge is 0.272 e. The molecule has 1 amide bonds. The summed E-state index contributed by atoms with van der Waals surface area (Å²) in [5.74, 6) is -0.298. The Morgan fingerprint density at radius 3 is 2.80 bits per heavy atom. The van der Waals surface area contributed by atoms with E-state index in [1.165, 1.54) is 6.20 Å². The van der Waals surface area contributed by atoms with Crippen LogP contribution in [0.5, 0.6) is 0 Å². The molecule has 6 heteroatoms. The van der Waals surface area contributed by atoms with Crippen molar-refractivity contribution >= 4 is 23.7 Å². The summed E-state index contributed by atoms with van der Waals surface area (Å²) in [6.45, 7) is 4.01. The van der Waals surface area contributed by atoms with Gasteiger partial charge in [0, 0.05) is 40.1 Å². The lowest BCUT2D eigenvalue weighted by Crippen LogP contribution is -2.17. The van der Waals surface area contributed by atoms with Crippen LogP contribution < -0.4 is 5.43 Å². The van der Waals surface area contributed by atoms with Gasteiger partial charge < -0.3 is 4.57 Å². The quantitative estimate of drug-likeness (QED) is 0.571. The predicted octanol–water partition coefficient (Wildman–Crippen LogP) is 3.91. The molecule has 0 atom stereocenters. The maximum atomic E-state index is 12.0. The lowest BCUT2D eigenvalue weighted by molar-refractivity contribution is 0.0955. The molecule has 126 valence electrons. The summed E-state index contributed by atoms with van der Waals surface area (Å²) < 4.78 is 2.09. The lowest BCUT2D eigenvalue weighted by atomic mass is 10.2. The highest BCUT2D eigenvalue weighted by molar-refractivity contribution is 6.30. The SMILES string of the molecule is Cc1cc(/C=N\NC(=O)c2cccnc2)c(C)n1-c1cccc(Cl)c1. The van der Waals surface area contributed by atoms with Gasteiger partial charge in [0.15, 0.2) is 0 Å². The molecule has 0 spiro atoms. The fraction of sp³-hybridized carbons (Fsp3) is 0.105. The fourth-order valence-corrected chi connectivity index (χ4v) is 2.84. The van der Waals surface area contributed by atoms with E-state index in [4.69, 9.17) is 11.6 Å². The Bertz CT molecular complexity index is 932. The molecule has 25 heavy (non-hydrogen) atoms. The van der Waals surface area contributed by atoms with Crippen LogP contribution in [-0.2, 0) is 0 Å². The molecule has 0 saturated heterocycles. The van der Waals surface area contributed by atoms with Gasteiger partial charge in [0.25, 0.3) is 5.91 Å². The van der Waals surface area contributed by atoms with Crippen LogP contribution in [0.4, 0.5) is 0 Å². The Morgan fingerprint density at radius 1 is 1.24 bits per heavy atom. The fourth-order valence-electron chi connectivity index (χ4n) is 2.65. The van der Waals surface area contributed by atoms with Gasteiger partial charge in [-0.15, -0.1) is 0 Å². The van der Waals surface area contributed by atoms with Crippen molar-refractivity contribution in [1.29, 1.82) is 0 Å². The van der Waals surface area contributed by atoms with Crippen molar-refractivity contribution in [3.8, 4) is 5.69 Å². The van der Waals surface area contributed by atoms with Crippen LogP contribution in [0, 0.1) is 13.8 Å². The topological polar surface area (TPSA) is 59.3 Å². The van der Waals surface area contributed by atoms with Gasteiger partial charge in [0.2, 0.25) is 0 Å². The number of rotatable bonds is 4. The molecule has 0 fully saturated rings. The Labute approximate surface area is 151 Å². The summed E-state index contributed by atoms with van der Waals surface area (Å²) in [7, 11) is 0. The molecule has 0 aliphatic heterocycles. The van der Waals surface area contributed by atoms with E-state index in [0.717, 1.165) is 22.6 Å². The normalized spacial score (nSPS) is 11.0. The van der Waals surface area contributed by atoms with Crippen molar-refractivity contribution in [2.24, 2.45) is 5.10 Å². The highest BCUT2D eigenvalue weighted by Crippen LogP contribution is 2.22. The second-order valence-corrected chi connectivity index (χ2v) is 6.02. The van der Waals surface area contributed by atoms with Gasteiger partial charge in [-0.25, -0.2) is 5.43 Å². The number of amides is 1. The molecule has 1 aromatic carbocycles. The van der Waals surface area contributed by atoms with Crippen LogP contribution in [0.2, 0.25) is 5.02 Å². The summed E-state index contributed by atoms with van der Waals surface area (Å²) in [6, 6.07) is 13.1. The third-order valence-corrected chi connectivity index (χ3v) is 4.07. The van der Waals surface area contributed by atoms with Crippen molar-refractivity contribution < 1.29 is 4.79 Å². The highest BCUT2D eigenvalue weighted by Gasteiger charge is 2.10. The zero-order valence-electron chi connectivity index (χ0n) is 13.9. The lowest BCUT2D eigenvalue weighted by Gasteiger charge is -2.09. The first-order valence-electron chi connectivity index (χ1n) is 7.74. The molecule has 0 saturated carbocycles. The van der Waals surface area contributed by atoms with Crippen LogP contribution in [-0.4, -0.2) is 21.7 Å². The van der Waals surface area contributed by atoms with Crippen LogP contribution >= 0.6 is 11.6 Å². The third-order valence-electron chi connectivity index (χ3n) is 3.83. The van der Waals surface area contributed by atoms with E-state index in [1.807, 2.05) is 44.2 Å². The first kappa shape index (κ1) is 16.9. The van der Waals surface area contributed by atoms with Gasteiger partial charge in [-0.3, -0.25) is 9.78 Å². The Kier molecular flexibility index (Phi) is 4.95. The Balaban J connectivity index is 1.80. The number of pyridine rings is 1. The molecule has 3 aromatic rings. The largest absolute Gasteiger partial charge is 0.318 e. The number of nitrogens with one attached hydrogen (secondary N) is 1. The number of aryl methyl sites for hydroxylation is 1. The summed E-state index contributed by atoms with van der Waals surface area (Å²) in [5, 5.41) is 4.74. The van der Waals surface area contributed by atoms with Gasteiger partial charge in [-0.05, 0) is 50.2 Å². The van der Waals surface area contributed by atoms with Crippen molar-refractivity contribution in [3.63, 3.8) is 0 Å². The molecule has 0 unspecified atom stereocenters. The second-order valence-electron chi connectivity index (χ2n) is 5.58. The number of carbonyl (C=O) groups excluding carboxylic acids is 1. The Morgan fingerprint density at radius 2 is 2.08 bits per heavy atom. The standard InChI is InChI=1S/C19H17ClN4O/c1-13-9-16(12-22-23-19(25)15-5-4-8-21-11-15)14(2)24(13)18-7-3-6-17(20)10-18/h3-12H,1-2H3,(H,23,25)/b22-12-. The van der Waals surface area contributed by atoms with E-state index in [1.54, 1.807) is 24.5 Å². The third kappa shape index (κ3) is 3.78. The number of benzene rings is 1. The van der Waals surface area contributed by atoms with Gasteiger partial charge in [0.1, 0.15) is 0 Å². The number of hydrazone groups is 1. The first-order chi connectivity index (χ1) is 12.1. The minimum absolute atomic E-state index is 0.298. The van der Waals surface area contributed by atoms with E-state index >= 15 is 0 Å². The minimum Gasteiger partial charge on any atom is -0.318 e. The average molecular weight is 353 g/mol. The van der Waals surface area contributed by atoms with Crippen LogP contribution in [0.3, 0.4) is 0 Å². The van der Waals surface area contributed by atoms with Gasteiger partial charge in [0.05, 0.1) is 11.8 Å².